The number of hydrogen-bond donors (Lipinski definition) is 1. The number of hydrogen-bond acceptors (Lipinski definition) is 1. The van der Waals surface area contributed by atoms with Crippen molar-refractivity contribution in [1.29, 1.82) is 0 Å². The van der Waals surface area contributed by atoms with E-state index in [1.165, 1.54) is 38.5 Å². The van der Waals surface area contributed by atoms with E-state index in [1.54, 1.807) is 0 Å². The Morgan fingerprint density at radius 3 is 2.79 bits per heavy atom. The number of rotatable bonds is 5. The largest absolute Gasteiger partial charge is 0.330 e. The van der Waals surface area contributed by atoms with Crippen molar-refractivity contribution in [1.82, 2.24) is 0 Å². The zero-order valence-electron chi connectivity index (χ0n) is 9.54. The van der Waals surface area contributed by atoms with Gasteiger partial charge in [0.15, 0.2) is 0 Å². The van der Waals surface area contributed by atoms with Crippen LogP contribution < -0.4 is 5.73 Å². The summed E-state index contributed by atoms with van der Waals surface area (Å²) in [5.41, 5.74) is 5.82. The molecule has 1 saturated carbocycles. The number of unbranched alkanes of at least 4 members (excludes halogenated alkanes) is 1. The highest BCUT2D eigenvalue weighted by atomic mass is 14.6. The molecule has 0 aromatic carbocycles. The zero-order valence-corrected chi connectivity index (χ0v) is 9.54. The van der Waals surface area contributed by atoms with Crippen LogP contribution in [0, 0.1) is 17.8 Å². The molecular weight excluding hydrogens is 170 g/mol. The SMILES string of the molecule is C=CCCCC1CC(C)CCC1CN. The van der Waals surface area contributed by atoms with Gasteiger partial charge in [-0.1, -0.05) is 19.4 Å². The fourth-order valence-corrected chi connectivity index (χ4v) is 2.75. The standard InChI is InChI=1S/C13H25N/c1-3-4-5-6-12-9-11(2)7-8-13(12)10-14/h3,11-13H,1,4-10,14H2,2H3. The van der Waals surface area contributed by atoms with Crippen LogP contribution in [-0.4, -0.2) is 6.54 Å². The van der Waals surface area contributed by atoms with Crippen LogP contribution in [0.3, 0.4) is 0 Å². The molecule has 0 aromatic heterocycles. The molecule has 1 fully saturated rings. The van der Waals surface area contributed by atoms with Gasteiger partial charge in [-0.05, 0) is 56.4 Å². The Kier molecular flexibility index (Phi) is 5.24. The Hall–Kier alpha value is -0.300. The summed E-state index contributed by atoms with van der Waals surface area (Å²) in [5, 5.41) is 0. The van der Waals surface area contributed by atoms with Crippen molar-refractivity contribution in [3.8, 4) is 0 Å². The van der Waals surface area contributed by atoms with Gasteiger partial charge >= 0.3 is 0 Å². The third-order valence-electron chi connectivity index (χ3n) is 3.69. The quantitative estimate of drug-likeness (QED) is 0.528. The number of allylic oxidation sites excluding steroid dienone is 1. The molecule has 0 aromatic rings. The first-order chi connectivity index (χ1) is 6.77. The van der Waals surface area contributed by atoms with Crippen molar-refractivity contribution in [3.05, 3.63) is 12.7 Å². The fourth-order valence-electron chi connectivity index (χ4n) is 2.75. The maximum atomic E-state index is 5.82. The van der Waals surface area contributed by atoms with Crippen LogP contribution in [0.5, 0.6) is 0 Å². The molecule has 1 aliphatic carbocycles. The first-order valence-corrected chi connectivity index (χ1v) is 6.08. The summed E-state index contributed by atoms with van der Waals surface area (Å²) >= 11 is 0. The van der Waals surface area contributed by atoms with Crippen molar-refractivity contribution < 1.29 is 0 Å². The molecule has 0 aliphatic heterocycles. The minimum Gasteiger partial charge on any atom is -0.330 e. The Morgan fingerprint density at radius 2 is 2.14 bits per heavy atom. The summed E-state index contributed by atoms with van der Waals surface area (Å²) in [5.74, 6) is 2.62. The van der Waals surface area contributed by atoms with E-state index < -0.39 is 0 Å². The van der Waals surface area contributed by atoms with Crippen LogP contribution in [0.25, 0.3) is 0 Å². The Morgan fingerprint density at radius 1 is 1.36 bits per heavy atom. The minimum absolute atomic E-state index is 0.802. The first kappa shape index (κ1) is 11.8. The van der Waals surface area contributed by atoms with Gasteiger partial charge in [0, 0.05) is 0 Å². The maximum absolute atomic E-state index is 5.82. The van der Waals surface area contributed by atoms with Crippen molar-refractivity contribution in [2.45, 2.75) is 45.4 Å². The van der Waals surface area contributed by atoms with Crippen LogP contribution in [0.2, 0.25) is 0 Å². The van der Waals surface area contributed by atoms with Crippen LogP contribution in [0.15, 0.2) is 12.7 Å². The smallest absolute Gasteiger partial charge is 0.00462 e. The molecular formula is C13H25N. The highest BCUT2D eigenvalue weighted by Gasteiger charge is 2.26. The maximum Gasteiger partial charge on any atom is -0.00462 e. The van der Waals surface area contributed by atoms with Crippen LogP contribution in [0.1, 0.15) is 45.4 Å². The zero-order chi connectivity index (χ0) is 10.4. The third kappa shape index (κ3) is 3.45. The molecule has 1 nitrogen and oxygen atoms in total. The lowest BCUT2D eigenvalue weighted by atomic mass is 9.73. The average molecular weight is 195 g/mol. The molecule has 0 amide bonds. The third-order valence-corrected chi connectivity index (χ3v) is 3.69. The van der Waals surface area contributed by atoms with Gasteiger partial charge in [-0.2, -0.15) is 0 Å². The lowest BCUT2D eigenvalue weighted by Gasteiger charge is -2.34. The normalized spacial score (nSPS) is 32.9. The Balaban J connectivity index is 2.32. The van der Waals surface area contributed by atoms with Crippen LogP contribution in [-0.2, 0) is 0 Å². The summed E-state index contributed by atoms with van der Waals surface area (Å²) in [6.45, 7) is 7.05. The van der Waals surface area contributed by atoms with Gasteiger partial charge in [0.1, 0.15) is 0 Å². The van der Waals surface area contributed by atoms with Gasteiger partial charge in [0.05, 0.1) is 0 Å². The van der Waals surface area contributed by atoms with E-state index in [0.717, 1.165) is 24.3 Å². The molecule has 1 heteroatoms. The van der Waals surface area contributed by atoms with E-state index in [2.05, 4.69) is 13.5 Å². The summed E-state index contributed by atoms with van der Waals surface area (Å²) in [4.78, 5) is 0. The average Bonchev–Trinajstić information content (AvgIpc) is 2.19. The monoisotopic (exact) mass is 195 g/mol. The highest BCUT2D eigenvalue weighted by Crippen LogP contribution is 2.36. The van der Waals surface area contributed by atoms with E-state index in [4.69, 9.17) is 5.73 Å². The molecule has 0 radical (unpaired) electrons. The predicted molar refractivity (Wildman–Crippen MR) is 63.1 cm³/mol. The van der Waals surface area contributed by atoms with Gasteiger partial charge in [-0.25, -0.2) is 0 Å². The molecule has 0 bridgehead atoms. The van der Waals surface area contributed by atoms with Crippen molar-refractivity contribution in [2.75, 3.05) is 6.54 Å². The molecule has 1 rings (SSSR count). The summed E-state index contributed by atoms with van der Waals surface area (Å²) in [6.07, 6.45) is 10.0. The van der Waals surface area contributed by atoms with E-state index in [9.17, 15) is 0 Å². The fraction of sp³-hybridized carbons (Fsp3) is 0.846. The van der Waals surface area contributed by atoms with E-state index in [0.29, 0.717) is 0 Å². The van der Waals surface area contributed by atoms with E-state index in [1.807, 2.05) is 6.08 Å². The summed E-state index contributed by atoms with van der Waals surface area (Å²) in [7, 11) is 0. The molecule has 0 heterocycles. The molecule has 0 saturated heterocycles. The first-order valence-electron chi connectivity index (χ1n) is 6.08. The Bertz CT molecular complexity index is 165. The van der Waals surface area contributed by atoms with Crippen molar-refractivity contribution in [3.63, 3.8) is 0 Å². The molecule has 1 aliphatic rings. The summed E-state index contributed by atoms with van der Waals surface area (Å²) < 4.78 is 0. The second-order valence-corrected chi connectivity index (χ2v) is 4.89. The topological polar surface area (TPSA) is 26.0 Å². The van der Waals surface area contributed by atoms with E-state index >= 15 is 0 Å². The van der Waals surface area contributed by atoms with Crippen molar-refractivity contribution in [2.24, 2.45) is 23.5 Å². The second-order valence-electron chi connectivity index (χ2n) is 4.89. The van der Waals surface area contributed by atoms with Crippen LogP contribution >= 0.6 is 0 Å². The molecule has 2 N–H and O–H groups in total. The van der Waals surface area contributed by atoms with Gasteiger partial charge in [-0.15, -0.1) is 6.58 Å². The molecule has 82 valence electrons. The Labute approximate surface area is 88.8 Å². The highest BCUT2D eigenvalue weighted by molar-refractivity contribution is 4.80. The lowest BCUT2D eigenvalue weighted by Crippen LogP contribution is -2.29. The molecule has 14 heavy (non-hydrogen) atoms. The lowest BCUT2D eigenvalue weighted by molar-refractivity contribution is 0.181. The van der Waals surface area contributed by atoms with Gasteiger partial charge in [0.25, 0.3) is 0 Å². The van der Waals surface area contributed by atoms with Gasteiger partial charge in [-0.3, -0.25) is 0 Å². The second kappa shape index (κ2) is 6.23. The van der Waals surface area contributed by atoms with E-state index in [-0.39, 0.29) is 0 Å². The van der Waals surface area contributed by atoms with Gasteiger partial charge in [0.2, 0.25) is 0 Å². The molecule has 3 atom stereocenters. The predicted octanol–water partition coefficient (Wildman–Crippen LogP) is 3.35. The number of nitrogens with two attached hydrogens (primary N) is 1. The van der Waals surface area contributed by atoms with Crippen molar-refractivity contribution >= 4 is 0 Å². The van der Waals surface area contributed by atoms with Crippen LogP contribution in [0.4, 0.5) is 0 Å². The molecule has 3 unspecified atom stereocenters. The minimum atomic E-state index is 0.802. The molecule has 0 spiro atoms. The summed E-state index contributed by atoms with van der Waals surface area (Å²) in [6, 6.07) is 0. The van der Waals surface area contributed by atoms with Gasteiger partial charge < -0.3 is 5.73 Å².